The van der Waals surface area contributed by atoms with Gasteiger partial charge in [0.1, 0.15) is 12.3 Å². The van der Waals surface area contributed by atoms with E-state index in [-0.39, 0.29) is 29.7 Å². The van der Waals surface area contributed by atoms with Gasteiger partial charge < -0.3 is 15.2 Å². The zero-order chi connectivity index (χ0) is 17.1. The number of carbonyl (C=O) groups is 3. The van der Waals surface area contributed by atoms with E-state index in [0.717, 1.165) is 0 Å². The highest BCUT2D eigenvalue weighted by molar-refractivity contribution is 6.04. The van der Waals surface area contributed by atoms with E-state index in [2.05, 4.69) is 5.32 Å². The number of nitrogens with one attached hydrogen (secondary N) is 1. The van der Waals surface area contributed by atoms with Crippen molar-refractivity contribution < 1.29 is 24.2 Å². The minimum atomic E-state index is -1.08. The van der Waals surface area contributed by atoms with Crippen LogP contribution in [0.15, 0.2) is 18.2 Å². The predicted molar refractivity (Wildman–Crippen MR) is 83.7 cm³/mol. The fourth-order valence-electron chi connectivity index (χ4n) is 2.22. The van der Waals surface area contributed by atoms with E-state index in [9.17, 15) is 14.4 Å². The van der Waals surface area contributed by atoms with Gasteiger partial charge >= 0.3 is 5.97 Å². The molecule has 0 bridgehead atoms. The molecule has 23 heavy (non-hydrogen) atoms. The molecule has 1 aromatic carbocycles. The SMILES string of the molecule is CC(C)CNC(=O)CN1C(=O)C(C)Oc2cc(C(=O)O)ccc21. The molecule has 7 heteroatoms. The first-order chi connectivity index (χ1) is 10.8. The number of aromatic carboxylic acids is 1. The van der Waals surface area contributed by atoms with Gasteiger partial charge in [0.2, 0.25) is 5.91 Å². The Morgan fingerprint density at radius 1 is 1.39 bits per heavy atom. The summed E-state index contributed by atoms with van der Waals surface area (Å²) >= 11 is 0. The molecule has 1 unspecified atom stereocenters. The molecular formula is C16H20N2O5. The van der Waals surface area contributed by atoms with Crippen LogP contribution in [0.4, 0.5) is 5.69 Å². The van der Waals surface area contributed by atoms with Crippen LogP contribution in [0.2, 0.25) is 0 Å². The molecule has 0 saturated carbocycles. The van der Waals surface area contributed by atoms with Crippen molar-refractivity contribution in [2.24, 2.45) is 5.92 Å². The largest absolute Gasteiger partial charge is 0.479 e. The van der Waals surface area contributed by atoms with Crippen LogP contribution in [0.5, 0.6) is 5.75 Å². The van der Waals surface area contributed by atoms with Gasteiger partial charge in [0, 0.05) is 6.54 Å². The quantitative estimate of drug-likeness (QED) is 0.852. The third-order valence-electron chi connectivity index (χ3n) is 3.42. The van der Waals surface area contributed by atoms with Gasteiger partial charge in [-0.2, -0.15) is 0 Å². The fraction of sp³-hybridized carbons (Fsp3) is 0.438. The second-order valence-electron chi connectivity index (χ2n) is 5.87. The lowest BCUT2D eigenvalue weighted by Crippen LogP contribution is -2.49. The van der Waals surface area contributed by atoms with Gasteiger partial charge in [0.15, 0.2) is 6.10 Å². The topological polar surface area (TPSA) is 95.9 Å². The average molecular weight is 320 g/mol. The van der Waals surface area contributed by atoms with Crippen molar-refractivity contribution in [1.82, 2.24) is 5.32 Å². The molecule has 2 rings (SSSR count). The first kappa shape index (κ1) is 16.8. The van der Waals surface area contributed by atoms with Crippen molar-refractivity contribution >= 4 is 23.5 Å². The van der Waals surface area contributed by atoms with Crippen LogP contribution in [0, 0.1) is 5.92 Å². The molecule has 0 radical (unpaired) electrons. The standard InChI is InChI=1S/C16H20N2O5/c1-9(2)7-17-14(19)8-18-12-5-4-11(16(21)22)6-13(12)23-10(3)15(18)20/h4-6,9-10H,7-8H2,1-3H3,(H,17,19)(H,21,22). The highest BCUT2D eigenvalue weighted by Gasteiger charge is 2.33. The number of ether oxygens (including phenoxy) is 1. The molecule has 1 aliphatic heterocycles. The second kappa shape index (κ2) is 6.68. The summed E-state index contributed by atoms with van der Waals surface area (Å²) in [7, 11) is 0. The maximum atomic E-state index is 12.3. The van der Waals surface area contributed by atoms with Crippen molar-refractivity contribution in [3.05, 3.63) is 23.8 Å². The van der Waals surface area contributed by atoms with Crippen molar-refractivity contribution in [1.29, 1.82) is 0 Å². The molecule has 0 spiro atoms. The average Bonchev–Trinajstić information content (AvgIpc) is 2.49. The molecule has 1 aromatic rings. The zero-order valence-electron chi connectivity index (χ0n) is 13.3. The van der Waals surface area contributed by atoms with Crippen LogP contribution in [0.25, 0.3) is 0 Å². The molecule has 2 N–H and O–H groups in total. The number of rotatable bonds is 5. The second-order valence-corrected chi connectivity index (χ2v) is 5.87. The van der Waals surface area contributed by atoms with Gasteiger partial charge in [-0.05, 0) is 31.0 Å². The van der Waals surface area contributed by atoms with Gasteiger partial charge in [0.05, 0.1) is 11.3 Å². The first-order valence-corrected chi connectivity index (χ1v) is 7.41. The molecule has 124 valence electrons. The normalized spacial score (nSPS) is 16.8. The Hall–Kier alpha value is -2.57. The fourth-order valence-corrected chi connectivity index (χ4v) is 2.22. The van der Waals surface area contributed by atoms with E-state index in [1.54, 1.807) is 6.92 Å². The predicted octanol–water partition coefficient (Wildman–Crippen LogP) is 1.27. The van der Waals surface area contributed by atoms with Gasteiger partial charge in [0.25, 0.3) is 5.91 Å². The molecule has 0 aromatic heterocycles. The van der Waals surface area contributed by atoms with Crippen molar-refractivity contribution in [3.8, 4) is 5.75 Å². The van der Waals surface area contributed by atoms with Crippen LogP contribution in [0.3, 0.4) is 0 Å². The summed E-state index contributed by atoms with van der Waals surface area (Å²) in [4.78, 5) is 36.7. The third-order valence-corrected chi connectivity index (χ3v) is 3.42. The molecular weight excluding hydrogens is 300 g/mol. The van der Waals surface area contributed by atoms with E-state index in [1.807, 2.05) is 13.8 Å². The van der Waals surface area contributed by atoms with Gasteiger partial charge in [-0.1, -0.05) is 13.8 Å². The minimum Gasteiger partial charge on any atom is -0.479 e. The third kappa shape index (κ3) is 3.80. The van der Waals surface area contributed by atoms with Gasteiger partial charge in [-0.25, -0.2) is 4.79 Å². The smallest absolute Gasteiger partial charge is 0.335 e. The number of anilines is 1. The Bertz CT molecular complexity index is 641. The number of hydrogen-bond acceptors (Lipinski definition) is 4. The summed E-state index contributed by atoms with van der Waals surface area (Å²) in [6.45, 7) is 5.92. The summed E-state index contributed by atoms with van der Waals surface area (Å²) < 4.78 is 5.46. The van der Waals surface area contributed by atoms with Crippen molar-refractivity contribution in [2.45, 2.75) is 26.9 Å². The number of amides is 2. The van der Waals surface area contributed by atoms with Crippen molar-refractivity contribution in [3.63, 3.8) is 0 Å². The Labute approximate surface area is 134 Å². The number of hydrogen-bond donors (Lipinski definition) is 2. The van der Waals surface area contributed by atoms with E-state index in [4.69, 9.17) is 9.84 Å². The number of carbonyl (C=O) groups excluding carboxylic acids is 2. The van der Waals surface area contributed by atoms with Crippen LogP contribution in [0.1, 0.15) is 31.1 Å². The lowest BCUT2D eigenvalue weighted by molar-refractivity contribution is -0.128. The summed E-state index contributed by atoms with van der Waals surface area (Å²) in [6.07, 6.45) is -0.774. The Kier molecular flexibility index (Phi) is 4.88. The molecule has 0 aliphatic carbocycles. The molecule has 0 fully saturated rings. The molecule has 7 nitrogen and oxygen atoms in total. The highest BCUT2D eigenvalue weighted by atomic mass is 16.5. The van der Waals surface area contributed by atoms with Crippen molar-refractivity contribution in [2.75, 3.05) is 18.0 Å². The Balaban J connectivity index is 2.24. The number of fused-ring (bicyclic) bond motifs is 1. The highest BCUT2D eigenvalue weighted by Crippen LogP contribution is 2.34. The monoisotopic (exact) mass is 320 g/mol. The maximum Gasteiger partial charge on any atom is 0.335 e. The van der Waals surface area contributed by atoms with E-state index in [1.165, 1.54) is 23.1 Å². The Morgan fingerprint density at radius 2 is 2.09 bits per heavy atom. The van der Waals surface area contributed by atoms with E-state index >= 15 is 0 Å². The van der Waals surface area contributed by atoms with Gasteiger partial charge in [-0.15, -0.1) is 0 Å². The summed E-state index contributed by atoms with van der Waals surface area (Å²) in [5, 5.41) is 11.8. The molecule has 1 heterocycles. The van der Waals surface area contributed by atoms with E-state index < -0.39 is 12.1 Å². The number of nitrogens with zero attached hydrogens (tertiary/aromatic N) is 1. The molecule has 0 saturated heterocycles. The van der Waals surface area contributed by atoms with E-state index in [0.29, 0.717) is 18.2 Å². The maximum absolute atomic E-state index is 12.3. The van der Waals surface area contributed by atoms with Crippen LogP contribution >= 0.6 is 0 Å². The zero-order valence-corrected chi connectivity index (χ0v) is 13.3. The van der Waals surface area contributed by atoms with Crippen LogP contribution < -0.4 is 15.0 Å². The number of benzene rings is 1. The lowest BCUT2D eigenvalue weighted by atomic mass is 10.1. The van der Waals surface area contributed by atoms with Crippen LogP contribution in [-0.4, -0.2) is 42.1 Å². The lowest BCUT2D eigenvalue weighted by Gasteiger charge is -2.32. The minimum absolute atomic E-state index is 0.0644. The molecule has 2 amide bonds. The van der Waals surface area contributed by atoms with Crippen LogP contribution in [-0.2, 0) is 9.59 Å². The summed E-state index contributed by atoms with van der Waals surface area (Å²) in [5.41, 5.74) is 0.465. The first-order valence-electron chi connectivity index (χ1n) is 7.41. The number of carboxylic acid groups (broad SMARTS) is 1. The molecule has 1 aliphatic rings. The number of carboxylic acids is 1. The molecule has 1 atom stereocenters. The summed E-state index contributed by atoms with van der Waals surface area (Å²) in [6, 6.07) is 4.23. The van der Waals surface area contributed by atoms with Gasteiger partial charge in [-0.3, -0.25) is 14.5 Å². The Morgan fingerprint density at radius 3 is 2.70 bits per heavy atom. The summed E-state index contributed by atoms with van der Waals surface area (Å²) in [5.74, 6) is -1.09.